The Hall–Kier alpha value is -2.08. The summed E-state index contributed by atoms with van der Waals surface area (Å²) in [7, 11) is 0. The molecule has 0 radical (unpaired) electrons. The first-order valence-corrected chi connectivity index (χ1v) is 11.1. The van der Waals surface area contributed by atoms with Crippen molar-refractivity contribution in [3.05, 3.63) is 28.3 Å². The Kier molecular flexibility index (Phi) is 3.97. The van der Waals surface area contributed by atoms with Crippen LogP contribution >= 0.6 is 0 Å². The second-order valence-corrected chi connectivity index (χ2v) is 11.0. The number of nitrogens with two attached hydrogens (primary N) is 1. The molecule has 162 valence electrons. The summed E-state index contributed by atoms with van der Waals surface area (Å²) in [5, 5.41) is 13.8. The molecule has 5 rings (SSSR count). The van der Waals surface area contributed by atoms with Crippen LogP contribution in [0.1, 0.15) is 85.2 Å². The van der Waals surface area contributed by atoms with E-state index in [0.29, 0.717) is 30.4 Å². The third kappa shape index (κ3) is 2.34. The Morgan fingerprint density at radius 3 is 2.70 bits per heavy atom. The molecule has 2 amide bonds. The first-order chi connectivity index (χ1) is 14.0. The molecule has 30 heavy (non-hydrogen) atoms. The predicted octanol–water partition coefficient (Wildman–Crippen LogP) is 2.94. The second-order valence-electron chi connectivity index (χ2n) is 11.0. The Labute approximate surface area is 177 Å². The zero-order valence-electron chi connectivity index (χ0n) is 18.3. The Morgan fingerprint density at radius 1 is 1.27 bits per heavy atom. The smallest absolute Gasteiger partial charge is 0.252 e. The topological polar surface area (TPSA) is 102 Å². The number of hydrogen-bond acceptors (Lipinski definition) is 4. The summed E-state index contributed by atoms with van der Waals surface area (Å²) >= 11 is 0. The molecule has 4 N–H and O–H groups in total. The summed E-state index contributed by atoms with van der Waals surface area (Å²) in [6.45, 7) is 9.43. The molecule has 2 saturated carbocycles. The van der Waals surface area contributed by atoms with Crippen LogP contribution in [-0.4, -0.2) is 28.6 Å². The normalized spacial score (nSPS) is 38.4. The quantitative estimate of drug-likeness (QED) is 0.660. The lowest BCUT2D eigenvalue weighted by Gasteiger charge is -2.66. The summed E-state index contributed by atoms with van der Waals surface area (Å²) in [6, 6.07) is 1.78. The minimum atomic E-state index is -0.583. The van der Waals surface area contributed by atoms with E-state index in [1.54, 1.807) is 6.07 Å². The van der Waals surface area contributed by atoms with E-state index < -0.39 is 17.6 Å². The minimum absolute atomic E-state index is 0.0407. The third-order valence-corrected chi connectivity index (χ3v) is 8.97. The molecule has 4 aliphatic rings. The lowest BCUT2D eigenvalue weighted by molar-refractivity contribution is -0.230. The standard InChI is InChI=1S/C24H32N2O4/c1-12-5-6-17-22(2,3)9-14(27)10-24(17)23(12,4)8-13-7-15(20(25)28)18-16(19(13)30-24)11-26-21(18)29/h7,12,14,17,27H,5-6,8-11H2,1-4H3,(H2,25,28)(H,26,29)/t12-,14+,17-,23+,24-/m0/s1. The van der Waals surface area contributed by atoms with Crippen molar-refractivity contribution in [1.82, 2.24) is 5.32 Å². The molecule has 2 heterocycles. The number of carbonyl (C=O) groups excluding carboxylic acids is 2. The summed E-state index contributed by atoms with van der Waals surface area (Å²) in [4.78, 5) is 24.6. The number of carbonyl (C=O) groups is 2. The van der Waals surface area contributed by atoms with Crippen molar-refractivity contribution < 1.29 is 19.4 Å². The number of amides is 2. The Bertz CT molecular complexity index is 970. The Balaban J connectivity index is 1.75. The van der Waals surface area contributed by atoms with Gasteiger partial charge < -0.3 is 20.9 Å². The van der Waals surface area contributed by atoms with Crippen molar-refractivity contribution in [2.45, 2.75) is 78.0 Å². The molecule has 6 nitrogen and oxygen atoms in total. The molecule has 1 aromatic carbocycles. The summed E-state index contributed by atoms with van der Waals surface area (Å²) < 4.78 is 7.03. The van der Waals surface area contributed by atoms with Gasteiger partial charge in [-0.2, -0.15) is 0 Å². The minimum Gasteiger partial charge on any atom is -0.486 e. The molecule has 0 bridgehead atoms. The van der Waals surface area contributed by atoms with E-state index >= 15 is 0 Å². The highest BCUT2D eigenvalue weighted by atomic mass is 16.5. The van der Waals surface area contributed by atoms with E-state index in [1.165, 1.54) is 0 Å². The van der Waals surface area contributed by atoms with Gasteiger partial charge in [-0.05, 0) is 48.6 Å². The number of rotatable bonds is 1. The molecule has 0 aromatic heterocycles. The SMILES string of the molecule is C[C@H]1CC[C@H]2C(C)(C)C[C@@H](O)C[C@]23Oc2c(cc(C(N)=O)c4c2CNC4=O)C[C@]13C. The van der Waals surface area contributed by atoms with Crippen LogP contribution in [0, 0.1) is 22.7 Å². The summed E-state index contributed by atoms with van der Waals surface area (Å²) in [5.74, 6) is 0.607. The van der Waals surface area contributed by atoms with Gasteiger partial charge in [-0.1, -0.05) is 27.7 Å². The van der Waals surface area contributed by atoms with Gasteiger partial charge in [0.15, 0.2) is 0 Å². The zero-order valence-corrected chi connectivity index (χ0v) is 18.3. The van der Waals surface area contributed by atoms with E-state index in [9.17, 15) is 14.7 Å². The number of fused-ring (bicyclic) bond motifs is 3. The van der Waals surface area contributed by atoms with Gasteiger partial charge >= 0.3 is 0 Å². The van der Waals surface area contributed by atoms with Crippen molar-refractivity contribution in [3.8, 4) is 5.75 Å². The monoisotopic (exact) mass is 412 g/mol. The average Bonchev–Trinajstić information content (AvgIpc) is 3.01. The van der Waals surface area contributed by atoms with E-state index in [4.69, 9.17) is 10.5 Å². The van der Waals surface area contributed by atoms with Crippen LogP contribution in [0.4, 0.5) is 0 Å². The van der Waals surface area contributed by atoms with Crippen molar-refractivity contribution in [1.29, 1.82) is 0 Å². The summed E-state index contributed by atoms with van der Waals surface area (Å²) in [6.07, 6.45) is 3.91. The van der Waals surface area contributed by atoms with E-state index in [-0.39, 0.29) is 22.3 Å². The van der Waals surface area contributed by atoms with E-state index in [2.05, 4.69) is 33.0 Å². The molecule has 0 saturated heterocycles. The molecule has 2 aliphatic heterocycles. The van der Waals surface area contributed by atoms with Crippen LogP contribution in [0.25, 0.3) is 0 Å². The molecule has 1 aromatic rings. The highest BCUT2D eigenvalue weighted by Gasteiger charge is 2.67. The number of nitrogens with one attached hydrogen (secondary N) is 1. The van der Waals surface area contributed by atoms with E-state index in [1.807, 2.05) is 0 Å². The van der Waals surface area contributed by atoms with Crippen LogP contribution in [-0.2, 0) is 13.0 Å². The number of aliphatic hydroxyl groups excluding tert-OH is 1. The maximum Gasteiger partial charge on any atom is 0.252 e. The van der Waals surface area contributed by atoms with Crippen LogP contribution in [0.15, 0.2) is 6.07 Å². The molecular weight excluding hydrogens is 380 g/mol. The van der Waals surface area contributed by atoms with Crippen molar-refractivity contribution >= 4 is 11.8 Å². The van der Waals surface area contributed by atoms with Gasteiger partial charge in [0.05, 0.1) is 17.2 Å². The fourth-order valence-corrected chi connectivity index (χ4v) is 7.40. The Morgan fingerprint density at radius 2 is 2.00 bits per heavy atom. The molecule has 2 fully saturated rings. The lowest BCUT2D eigenvalue weighted by atomic mass is 9.44. The van der Waals surface area contributed by atoms with Crippen LogP contribution in [0.2, 0.25) is 0 Å². The number of benzene rings is 1. The number of aliphatic hydroxyl groups is 1. The van der Waals surface area contributed by atoms with Crippen molar-refractivity contribution in [2.24, 2.45) is 28.4 Å². The van der Waals surface area contributed by atoms with Gasteiger partial charge in [0.2, 0.25) is 5.91 Å². The molecule has 1 spiro atoms. The number of primary amides is 1. The number of ether oxygens (including phenoxy) is 1. The maximum absolute atomic E-state index is 12.5. The van der Waals surface area contributed by atoms with Crippen LogP contribution in [0.3, 0.4) is 0 Å². The van der Waals surface area contributed by atoms with Gasteiger partial charge in [-0.15, -0.1) is 0 Å². The van der Waals surface area contributed by atoms with Crippen molar-refractivity contribution in [2.75, 3.05) is 0 Å². The lowest BCUT2D eigenvalue weighted by Crippen LogP contribution is -2.70. The van der Waals surface area contributed by atoms with E-state index in [0.717, 1.165) is 42.6 Å². The first kappa shape index (κ1) is 19.9. The highest BCUT2D eigenvalue weighted by molar-refractivity contribution is 6.10. The van der Waals surface area contributed by atoms with Crippen LogP contribution in [0.5, 0.6) is 5.75 Å². The fourth-order valence-electron chi connectivity index (χ4n) is 7.40. The van der Waals surface area contributed by atoms with Gasteiger partial charge in [0.25, 0.3) is 5.91 Å². The average molecular weight is 413 g/mol. The molecule has 2 aliphatic carbocycles. The van der Waals surface area contributed by atoms with Crippen LogP contribution < -0.4 is 15.8 Å². The third-order valence-electron chi connectivity index (χ3n) is 8.97. The van der Waals surface area contributed by atoms with Gasteiger partial charge in [0, 0.05) is 29.9 Å². The zero-order chi connectivity index (χ0) is 21.6. The fraction of sp³-hybridized carbons (Fsp3) is 0.667. The molecule has 0 unspecified atom stereocenters. The highest BCUT2D eigenvalue weighted by Crippen LogP contribution is 2.66. The van der Waals surface area contributed by atoms with Gasteiger partial charge in [-0.25, -0.2) is 0 Å². The first-order valence-electron chi connectivity index (χ1n) is 11.1. The largest absolute Gasteiger partial charge is 0.486 e. The number of hydrogen-bond donors (Lipinski definition) is 3. The molecule has 6 heteroatoms. The second kappa shape index (κ2) is 6.00. The maximum atomic E-state index is 12.5. The summed E-state index contributed by atoms with van der Waals surface area (Å²) in [5.41, 5.74) is 7.27. The molecular formula is C24H32N2O4. The van der Waals surface area contributed by atoms with Crippen molar-refractivity contribution in [3.63, 3.8) is 0 Å². The van der Waals surface area contributed by atoms with Gasteiger partial charge in [-0.3, -0.25) is 9.59 Å². The molecule has 5 atom stereocenters. The predicted molar refractivity (Wildman–Crippen MR) is 112 cm³/mol. The van der Waals surface area contributed by atoms with Gasteiger partial charge in [0.1, 0.15) is 11.4 Å².